The highest BCUT2D eigenvalue weighted by Crippen LogP contribution is 2.26. The van der Waals surface area contributed by atoms with Crippen LogP contribution in [0.4, 0.5) is 0 Å². The molecule has 0 spiro atoms. The number of carbonyl (C=O) groups excluding carboxylic acids is 1. The Hall–Kier alpha value is -2.75. The average Bonchev–Trinajstić information content (AvgIpc) is 2.53. The molecule has 0 radical (unpaired) electrons. The highest BCUT2D eigenvalue weighted by atomic mass is 16.5. The second kappa shape index (κ2) is 6.61. The number of hydrogen-bond acceptors (Lipinski definition) is 4. The molecule has 0 aliphatic carbocycles. The van der Waals surface area contributed by atoms with Crippen molar-refractivity contribution in [3.63, 3.8) is 0 Å². The highest BCUT2D eigenvalue weighted by molar-refractivity contribution is 6.07. The number of ether oxygens (including phenoxy) is 2. The second-order valence-electron chi connectivity index (χ2n) is 4.36. The number of hydrogen-bond donors (Lipinski definition) is 1. The number of phenols is 1. The summed E-state index contributed by atoms with van der Waals surface area (Å²) in [4.78, 5) is 12.1. The molecule has 0 aliphatic heterocycles. The van der Waals surface area contributed by atoms with Crippen molar-refractivity contribution in [2.45, 2.75) is 0 Å². The molecule has 2 rings (SSSR count). The zero-order valence-corrected chi connectivity index (χ0v) is 11.9. The van der Waals surface area contributed by atoms with Gasteiger partial charge >= 0.3 is 0 Å². The van der Waals surface area contributed by atoms with Crippen LogP contribution in [0.15, 0.2) is 48.5 Å². The molecule has 0 saturated carbocycles. The van der Waals surface area contributed by atoms with Crippen LogP contribution in [0.2, 0.25) is 0 Å². The van der Waals surface area contributed by atoms with E-state index in [1.807, 2.05) is 24.3 Å². The summed E-state index contributed by atoms with van der Waals surface area (Å²) in [6.45, 7) is 0. The maximum absolute atomic E-state index is 12.1. The quantitative estimate of drug-likeness (QED) is 0.676. The van der Waals surface area contributed by atoms with Crippen molar-refractivity contribution >= 4 is 11.9 Å². The zero-order valence-electron chi connectivity index (χ0n) is 11.9. The van der Waals surface area contributed by atoms with Gasteiger partial charge in [0.1, 0.15) is 5.75 Å². The van der Waals surface area contributed by atoms with E-state index in [-0.39, 0.29) is 17.3 Å². The van der Waals surface area contributed by atoms with Crippen LogP contribution in [-0.2, 0) is 0 Å². The van der Waals surface area contributed by atoms with E-state index in [4.69, 9.17) is 9.47 Å². The Bertz CT molecular complexity index is 674. The van der Waals surface area contributed by atoms with Crippen molar-refractivity contribution in [1.29, 1.82) is 0 Å². The zero-order chi connectivity index (χ0) is 15.2. The largest absolute Gasteiger partial charge is 0.504 e. The Balaban J connectivity index is 2.18. The lowest BCUT2D eigenvalue weighted by Gasteiger charge is -2.04. The maximum atomic E-state index is 12.1. The van der Waals surface area contributed by atoms with E-state index in [1.165, 1.54) is 25.3 Å². The van der Waals surface area contributed by atoms with Gasteiger partial charge in [-0.1, -0.05) is 18.2 Å². The average molecular weight is 284 g/mol. The lowest BCUT2D eigenvalue weighted by Crippen LogP contribution is -1.95. The number of methoxy groups -OCH3 is 2. The second-order valence-corrected chi connectivity index (χ2v) is 4.36. The van der Waals surface area contributed by atoms with Crippen LogP contribution in [0.25, 0.3) is 6.08 Å². The predicted molar refractivity (Wildman–Crippen MR) is 81.0 cm³/mol. The lowest BCUT2D eigenvalue weighted by molar-refractivity contribution is 0.104. The summed E-state index contributed by atoms with van der Waals surface area (Å²) in [5.74, 6) is 0.841. The molecule has 21 heavy (non-hydrogen) atoms. The number of benzene rings is 2. The van der Waals surface area contributed by atoms with Crippen molar-refractivity contribution in [2.75, 3.05) is 14.2 Å². The first-order chi connectivity index (χ1) is 10.1. The van der Waals surface area contributed by atoms with Gasteiger partial charge in [0.2, 0.25) is 0 Å². The number of allylic oxidation sites excluding steroid dienone is 1. The fourth-order valence-corrected chi connectivity index (χ4v) is 1.84. The Morgan fingerprint density at radius 3 is 2.62 bits per heavy atom. The van der Waals surface area contributed by atoms with Gasteiger partial charge in [0.25, 0.3) is 0 Å². The van der Waals surface area contributed by atoms with E-state index < -0.39 is 0 Å². The topological polar surface area (TPSA) is 55.8 Å². The number of phenolic OH excluding ortho intramolecular Hbond substituents is 1. The Morgan fingerprint density at radius 1 is 1.10 bits per heavy atom. The van der Waals surface area contributed by atoms with Crippen molar-refractivity contribution in [3.05, 3.63) is 59.7 Å². The summed E-state index contributed by atoms with van der Waals surface area (Å²) in [7, 11) is 3.03. The van der Waals surface area contributed by atoms with E-state index >= 15 is 0 Å². The normalized spacial score (nSPS) is 10.6. The molecule has 2 aromatic carbocycles. The van der Waals surface area contributed by atoms with Gasteiger partial charge in [-0.2, -0.15) is 0 Å². The van der Waals surface area contributed by atoms with Gasteiger partial charge < -0.3 is 14.6 Å². The molecule has 4 heteroatoms. The van der Waals surface area contributed by atoms with Crippen LogP contribution in [0.1, 0.15) is 15.9 Å². The third kappa shape index (κ3) is 3.63. The molecule has 0 amide bonds. The molecule has 0 bridgehead atoms. The van der Waals surface area contributed by atoms with E-state index in [2.05, 4.69) is 0 Å². The van der Waals surface area contributed by atoms with E-state index in [1.54, 1.807) is 19.3 Å². The van der Waals surface area contributed by atoms with E-state index in [0.29, 0.717) is 5.56 Å². The van der Waals surface area contributed by atoms with Gasteiger partial charge in [-0.3, -0.25) is 4.79 Å². The Morgan fingerprint density at radius 2 is 1.90 bits per heavy atom. The molecule has 0 atom stereocenters. The van der Waals surface area contributed by atoms with Gasteiger partial charge in [-0.15, -0.1) is 0 Å². The minimum atomic E-state index is -0.170. The van der Waals surface area contributed by atoms with Gasteiger partial charge in [-0.25, -0.2) is 0 Å². The third-order valence-corrected chi connectivity index (χ3v) is 2.99. The van der Waals surface area contributed by atoms with Crippen molar-refractivity contribution in [3.8, 4) is 17.2 Å². The molecule has 1 N–H and O–H groups in total. The van der Waals surface area contributed by atoms with Crippen LogP contribution < -0.4 is 9.47 Å². The monoisotopic (exact) mass is 284 g/mol. The standard InChI is InChI=1S/C17H16O4/c1-20-14-5-3-4-12(10-14)6-8-15(18)13-7-9-16(19)17(11-13)21-2/h3-11,19H,1-2H3/b8-6+. The molecule has 108 valence electrons. The number of ketones is 1. The molecule has 0 saturated heterocycles. The summed E-state index contributed by atoms with van der Waals surface area (Å²) >= 11 is 0. The first-order valence-corrected chi connectivity index (χ1v) is 6.37. The summed E-state index contributed by atoms with van der Waals surface area (Å²) in [6.07, 6.45) is 3.19. The van der Waals surface area contributed by atoms with E-state index in [0.717, 1.165) is 11.3 Å². The molecule has 2 aromatic rings. The summed E-state index contributed by atoms with van der Waals surface area (Å²) in [5.41, 5.74) is 1.32. The first-order valence-electron chi connectivity index (χ1n) is 6.37. The van der Waals surface area contributed by atoms with Crippen molar-refractivity contribution in [1.82, 2.24) is 0 Å². The molecule has 0 unspecified atom stereocenters. The van der Waals surface area contributed by atoms with Crippen LogP contribution in [0.5, 0.6) is 17.2 Å². The maximum Gasteiger partial charge on any atom is 0.185 e. The minimum Gasteiger partial charge on any atom is -0.504 e. The van der Waals surface area contributed by atoms with Gasteiger partial charge in [0.05, 0.1) is 14.2 Å². The Kier molecular flexibility index (Phi) is 4.61. The molecular formula is C17H16O4. The Labute approximate surface area is 123 Å². The van der Waals surface area contributed by atoms with Crippen LogP contribution in [0.3, 0.4) is 0 Å². The molecule has 0 heterocycles. The molecule has 0 aromatic heterocycles. The smallest absolute Gasteiger partial charge is 0.185 e. The number of carbonyl (C=O) groups is 1. The lowest BCUT2D eigenvalue weighted by atomic mass is 10.1. The molecule has 0 fully saturated rings. The van der Waals surface area contributed by atoms with Crippen molar-refractivity contribution < 1.29 is 19.4 Å². The third-order valence-electron chi connectivity index (χ3n) is 2.99. The highest BCUT2D eigenvalue weighted by Gasteiger charge is 2.07. The minimum absolute atomic E-state index is 0.00539. The van der Waals surface area contributed by atoms with Crippen LogP contribution in [-0.4, -0.2) is 25.1 Å². The summed E-state index contributed by atoms with van der Waals surface area (Å²) in [5, 5.41) is 9.51. The first kappa shape index (κ1) is 14.7. The van der Waals surface area contributed by atoms with Gasteiger partial charge in [0, 0.05) is 5.56 Å². The molecule has 4 nitrogen and oxygen atoms in total. The van der Waals surface area contributed by atoms with Crippen LogP contribution >= 0.6 is 0 Å². The molecule has 0 aliphatic rings. The number of rotatable bonds is 5. The summed E-state index contributed by atoms with van der Waals surface area (Å²) in [6, 6.07) is 11.9. The fourth-order valence-electron chi connectivity index (χ4n) is 1.84. The van der Waals surface area contributed by atoms with Gasteiger partial charge in [-0.05, 0) is 42.0 Å². The summed E-state index contributed by atoms with van der Waals surface area (Å²) < 4.78 is 10.1. The van der Waals surface area contributed by atoms with E-state index in [9.17, 15) is 9.90 Å². The fraction of sp³-hybridized carbons (Fsp3) is 0.118. The SMILES string of the molecule is COc1cccc(/C=C/C(=O)c2ccc(O)c(OC)c2)c1. The number of aromatic hydroxyl groups is 1. The molecular weight excluding hydrogens is 268 g/mol. The van der Waals surface area contributed by atoms with Gasteiger partial charge in [0.15, 0.2) is 17.3 Å². The van der Waals surface area contributed by atoms with Crippen molar-refractivity contribution in [2.24, 2.45) is 0 Å². The predicted octanol–water partition coefficient (Wildman–Crippen LogP) is 3.31. The van der Waals surface area contributed by atoms with Crippen LogP contribution in [0, 0.1) is 0 Å².